The van der Waals surface area contributed by atoms with Crippen LogP contribution in [-0.4, -0.2) is 15.0 Å². The monoisotopic (exact) mass is 940 g/mol. The Morgan fingerprint density at radius 3 is 1.85 bits per heavy atom. The van der Waals surface area contributed by atoms with Gasteiger partial charge >= 0.3 is 0 Å². The van der Waals surface area contributed by atoms with Gasteiger partial charge in [0, 0.05) is 43.4 Å². The van der Waals surface area contributed by atoms with Crippen LogP contribution in [-0.2, 0) is 25.5 Å². The molecule has 0 aliphatic rings. The summed E-state index contributed by atoms with van der Waals surface area (Å²) in [6, 6.07) is 65.7. The number of fused-ring (bicyclic) bond motifs is 1. The molecular formula is C55H45IrN3-2. The van der Waals surface area contributed by atoms with Crippen LogP contribution in [0, 0.1) is 26.0 Å². The Hall–Kier alpha value is -6.32. The van der Waals surface area contributed by atoms with Crippen molar-refractivity contribution < 1.29 is 20.1 Å². The molecule has 4 heteroatoms. The van der Waals surface area contributed by atoms with E-state index in [2.05, 4.69) is 179 Å². The normalized spacial score (nSPS) is 11.0. The van der Waals surface area contributed by atoms with E-state index in [0.717, 1.165) is 55.8 Å². The topological polar surface area (TPSA) is 38.7 Å². The molecule has 0 N–H and O–H groups in total. The third-order valence-electron chi connectivity index (χ3n) is 10.5. The number of benzene rings is 6. The van der Waals surface area contributed by atoms with Crippen LogP contribution in [0.3, 0.4) is 0 Å². The number of hydrogen-bond donors (Lipinski definition) is 0. The summed E-state index contributed by atoms with van der Waals surface area (Å²) in [5, 5.41) is 1.13. The van der Waals surface area contributed by atoms with Crippen molar-refractivity contribution in [2.75, 3.05) is 0 Å². The van der Waals surface area contributed by atoms with Crippen LogP contribution in [0.25, 0.3) is 78.1 Å². The molecule has 0 unspecified atom stereocenters. The molecule has 0 atom stereocenters. The summed E-state index contributed by atoms with van der Waals surface area (Å²) in [5.74, 6) is 0. The SMILES string of the molecule is Cc1ccc(-c2ccccc2)cc1-c1ccc(-c2cc[c-]c(-c3cc(C(C)(C)C)ccn3)c2)c2nc(-c3ccccc3)ccc12.Cc1ccnc(-c2[c-]cccc2)c1.[Ir]. The molecule has 6 aromatic carbocycles. The van der Waals surface area contributed by atoms with Gasteiger partial charge in [0.1, 0.15) is 0 Å². The van der Waals surface area contributed by atoms with Crippen molar-refractivity contribution in [2.45, 2.75) is 40.0 Å². The first-order valence-electron chi connectivity index (χ1n) is 19.8. The maximum Gasteiger partial charge on any atom is 0.0778 e. The Morgan fingerprint density at radius 1 is 0.458 bits per heavy atom. The third-order valence-corrected chi connectivity index (χ3v) is 10.5. The van der Waals surface area contributed by atoms with E-state index in [9.17, 15) is 0 Å². The smallest absolute Gasteiger partial charge is 0.0778 e. The summed E-state index contributed by atoms with van der Waals surface area (Å²) in [6.45, 7) is 10.9. The molecule has 291 valence electrons. The van der Waals surface area contributed by atoms with E-state index in [0.29, 0.717) is 0 Å². The average Bonchev–Trinajstić information content (AvgIpc) is 3.27. The molecule has 0 amide bonds. The van der Waals surface area contributed by atoms with Crippen molar-refractivity contribution in [3.8, 4) is 67.2 Å². The second kappa shape index (κ2) is 18.1. The second-order valence-corrected chi connectivity index (χ2v) is 15.7. The number of nitrogens with zero attached hydrogens (tertiary/aromatic N) is 3. The van der Waals surface area contributed by atoms with Gasteiger partial charge in [-0.15, -0.1) is 65.7 Å². The fraction of sp³-hybridized carbons (Fsp3) is 0.109. The molecule has 3 heterocycles. The van der Waals surface area contributed by atoms with Crippen LogP contribution >= 0.6 is 0 Å². The van der Waals surface area contributed by atoms with Crippen molar-refractivity contribution in [3.05, 3.63) is 211 Å². The van der Waals surface area contributed by atoms with Crippen LogP contribution in [0.2, 0.25) is 0 Å². The number of rotatable bonds is 6. The molecule has 0 fully saturated rings. The van der Waals surface area contributed by atoms with Gasteiger partial charge < -0.3 is 9.97 Å². The molecule has 0 aliphatic carbocycles. The molecule has 3 nitrogen and oxygen atoms in total. The van der Waals surface area contributed by atoms with Crippen molar-refractivity contribution in [3.63, 3.8) is 0 Å². The summed E-state index contributed by atoms with van der Waals surface area (Å²) in [5.41, 5.74) is 17.7. The molecule has 0 saturated heterocycles. The molecule has 9 rings (SSSR count). The molecule has 59 heavy (non-hydrogen) atoms. The average molecular weight is 940 g/mol. The van der Waals surface area contributed by atoms with Crippen LogP contribution in [0.1, 0.15) is 37.5 Å². The van der Waals surface area contributed by atoms with Crippen molar-refractivity contribution >= 4 is 10.9 Å². The van der Waals surface area contributed by atoms with Crippen LogP contribution in [0.15, 0.2) is 182 Å². The third kappa shape index (κ3) is 9.37. The minimum absolute atomic E-state index is 0. The van der Waals surface area contributed by atoms with E-state index in [1.807, 2.05) is 54.9 Å². The summed E-state index contributed by atoms with van der Waals surface area (Å²) < 4.78 is 0. The van der Waals surface area contributed by atoms with Gasteiger partial charge in [-0.3, -0.25) is 0 Å². The van der Waals surface area contributed by atoms with Gasteiger partial charge in [0.05, 0.1) is 11.2 Å². The van der Waals surface area contributed by atoms with Gasteiger partial charge in [0.15, 0.2) is 0 Å². The van der Waals surface area contributed by atoms with Crippen molar-refractivity contribution in [2.24, 2.45) is 0 Å². The molecule has 0 bridgehead atoms. The fourth-order valence-corrected chi connectivity index (χ4v) is 7.24. The van der Waals surface area contributed by atoms with E-state index in [-0.39, 0.29) is 25.5 Å². The molecule has 1 radical (unpaired) electrons. The van der Waals surface area contributed by atoms with Gasteiger partial charge in [-0.2, -0.15) is 0 Å². The molecule has 0 spiro atoms. The quantitative estimate of drug-likeness (QED) is 0.156. The van der Waals surface area contributed by atoms with Gasteiger partial charge in [-0.1, -0.05) is 129 Å². The van der Waals surface area contributed by atoms with Crippen LogP contribution in [0.4, 0.5) is 0 Å². The Kier molecular flexibility index (Phi) is 12.5. The summed E-state index contributed by atoms with van der Waals surface area (Å²) in [4.78, 5) is 14.3. The predicted molar refractivity (Wildman–Crippen MR) is 242 cm³/mol. The second-order valence-electron chi connectivity index (χ2n) is 15.7. The molecule has 9 aromatic rings. The van der Waals surface area contributed by atoms with Gasteiger partial charge in [0.2, 0.25) is 0 Å². The Morgan fingerprint density at radius 2 is 1.14 bits per heavy atom. The minimum atomic E-state index is 0. The zero-order chi connectivity index (χ0) is 40.1. The standard InChI is InChI=1S/C43H35N2.C12H10N.Ir/c1-29-18-19-32(30-12-7-5-8-13-30)27-39(29)37-21-20-36(42-38(37)22-23-40(45-42)31-14-9-6-10-15-31)33-16-11-17-34(26-33)41-28-35(24-25-44-41)43(2,3)4;1-10-7-8-13-12(9-10)11-5-3-2-4-6-11;/h5-16,18-28H,1-4H3;2-5,7-9H,1H3;/q2*-1;. The maximum atomic E-state index is 5.34. The van der Waals surface area contributed by atoms with Gasteiger partial charge in [-0.25, -0.2) is 4.98 Å². The molecule has 0 saturated carbocycles. The van der Waals surface area contributed by atoms with Crippen molar-refractivity contribution in [1.29, 1.82) is 0 Å². The summed E-state index contributed by atoms with van der Waals surface area (Å²) in [7, 11) is 0. The van der Waals surface area contributed by atoms with Crippen LogP contribution in [0.5, 0.6) is 0 Å². The number of hydrogen-bond acceptors (Lipinski definition) is 3. The van der Waals surface area contributed by atoms with Gasteiger partial charge in [0.25, 0.3) is 0 Å². The van der Waals surface area contributed by atoms with E-state index in [1.54, 1.807) is 0 Å². The Labute approximate surface area is 362 Å². The molecule has 0 aliphatic heterocycles. The first-order chi connectivity index (χ1) is 28.2. The maximum absolute atomic E-state index is 5.34. The largest absolute Gasteiger partial charge is 0.305 e. The first-order valence-corrected chi connectivity index (χ1v) is 19.8. The van der Waals surface area contributed by atoms with Crippen LogP contribution < -0.4 is 0 Å². The molecular weight excluding hydrogens is 895 g/mol. The number of pyridine rings is 3. The Balaban J connectivity index is 0.000000321. The zero-order valence-electron chi connectivity index (χ0n) is 34.0. The predicted octanol–water partition coefficient (Wildman–Crippen LogP) is 14.2. The summed E-state index contributed by atoms with van der Waals surface area (Å²) in [6.07, 6.45) is 3.73. The van der Waals surface area contributed by atoms with Crippen molar-refractivity contribution in [1.82, 2.24) is 15.0 Å². The zero-order valence-corrected chi connectivity index (χ0v) is 36.4. The van der Waals surface area contributed by atoms with Gasteiger partial charge in [-0.05, 0) is 99.9 Å². The Bertz CT molecular complexity index is 2830. The van der Waals surface area contributed by atoms with E-state index >= 15 is 0 Å². The van der Waals surface area contributed by atoms with E-state index in [1.165, 1.54) is 38.9 Å². The van der Waals surface area contributed by atoms with E-state index in [4.69, 9.17) is 9.97 Å². The number of aryl methyl sites for hydroxylation is 2. The first kappa shape index (κ1) is 40.9. The van der Waals surface area contributed by atoms with E-state index < -0.39 is 0 Å². The number of aromatic nitrogens is 3. The minimum Gasteiger partial charge on any atom is -0.305 e. The summed E-state index contributed by atoms with van der Waals surface area (Å²) >= 11 is 0. The fourth-order valence-electron chi connectivity index (χ4n) is 7.24. The molecule has 3 aromatic heterocycles.